The lowest BCUT2D eigenvalue weighted by molar-refractivity contribution is -0.139. The van der Waals surface area contributed by atoms with Gasteiger partial charge < -0.3 is 15.4 Å². The highest BCUT2D eigenvalue weighted by Gasteiger charge is 2.27. The molecule has 6 nitrogen and oxygen atoms in total. The number of amides is 1. The fraction of sp³-hybridized carbons (Fsp3) is 0.235. The maximum Gasteiger partial charge on any atom is 0.331 e. The molecule has 1 atom stereocenters. The molecular weight excluding hydrogens is 315 g/mol. The number of Topliss-reactive ketones (excluding diaryl/α,β-unsaturated/α-hetero) is 1. The fourth-order valence-corrected chi connectivity index (χ4v) is 2.69. The molecular formula is C17H17FN2O4. The summed E-state index contributed by atoms with van der Waals surface area (Å²) in [6, 6.07) is 3.79. The summed E-state index contributed by atoms with van der Waals surface area (Å²) in [5, 5.41) is 11.6. The molecule has 7 heteroatoms. The van der Waals surface area contributed by atoms with Crippen molar-refractivity contribution < 1.29 is 23.9 Å². The smallest absolute Gasteiger partial charge is 0.331 e. The Morgan fingerprint density at radius 1 is 1.21 bits per heavy atom. The van der Waals surface area contributed by atoms with Crippen LogP contribution in [-0.4, -0.2) is 27.8 Å². The van der Waals surface area contributed by atoms with Gasteiger partial charge in [0, 0.05) is 16.8 Å². The van der Waals surface area contributed by atoms with Crippen LogP contribution in [0.1, 0.15) is 50.6 Å². The molecule has 0 aliphatic carbocycles. The lowest BCUT2D eigenvalue weighted by atomic mass is 10.0. The number of hydrogen-bond acceptors (Lipinski definition) is 3. The second kappa shape index (κ2) is 6.66. The molecule has 0 aliphatic heterocycles. The zero-order chi connectivity index (χ0) is 18.0. The van der Waals surface area contributed by atoms with E-state index in [1.54, 1.807) is 13.8 Å². The van der Waals surface area contributed by atoms with Gasteiger partial charge in [-0.15, -0.1) is 0 Å². The van der Waals surface area contributed by atoms with Crippen LogP contribution in [0.3, 0.4) is 0 Å². The van der Waals surface area contributed by atoms with E-state index in [0.717, 1.165) is 6.07 Å². The van der Waals surface area contributed by atoms with Crippen LogP contribution in [0, 0.1) is 19.7 Å². The number of carboxylic acid groups (broad SMARTS) is 1. The maximum atomic E-state index is 13.8. The summed E-state index contributed by atoms with van der Waals surface area (Å²) in [6.45, 7) is 4.62. The first-order valence-corrected chi connectivity index (χ1v) is 7.22. The van der Waals surface area contributed by atoms with E-state index in [9.17, 15) is 23.9 Å². The largest absolute Gasteiger partial charge is 0.479 e. The van der Waals surface area contributed by atoms with Crippen molar-refractivity contribution in [2.75, 3.05) is 0 Å². The number of carboxylic acids is 1. The van der Waals surface area contributed by atoms with Crippen molar-refractivity contribution in [3.05, 3.63) is 58.2 Å². The average molecular weight is 332 g/mol. The molecule has 3 N–H and O–H groups in total. The van der Waals surface area contributed by atoms with Crippen LogP contribution in [0.2, 0.25) is 0 Å². The molecule has 0 aliphatic rings. The summed E-state index contributed by atoms with van der Waals surface area (Å²) in [4.78, 5) is 38.3. The Morgan fingerprint density at radius 2 is 1.83 bits per heavy atom. The summed E-state index contributed by atoms with van der Waals surface area (Å²) in [5.41, 5.74) is 1.27. The van der Waals surface area contributed by atoms with Crippen LogP contribution in [0.15, 0.2) is 24.3 Å². The van der Waals surface area contributed by atoms with E-state index in [-0.39, 0.29) is 17.0 Å². The number of ketones is 1. The van der Waals surface area contributed by atoms with E-state index in [0.29, 0.717) is 16.8 Å². The molecule has 0 spiro atoms. The number of nitrogens with one attached hydrogen (secondary N) is 2. The quantitative estimate of drug-likeness (QED) is 0.733. The Balaban J connectivity index is 2.37. The van der Waals surface area contributed by atoms with Crippen molar-refractivity contribution in [1.29, 1.82) is 0 Å². The minimum absolute atomic E-state index is 0.0836. The van der Waals surface area contributed by atoms with E-state index in [1.807, 2.05) is 0 Å². The number of rotatable bonds is 5. The molecule has 0 unspecified atom stereocenters. The van der Waals surface area contributed by atoms with E-state index in [1.165, 1.54) is 25.1 Å². The molecule has 2 rings (SSSR count). The summed E-state index contributed by atoms with van der Waals surface area (Å²) in [6.07, 6.45) is 0. The highest BCUT2D eigenvalue weighted by molar-refractivity contribution is 6.03. The molecule has 1 amide bonds. The Bertz CT molecular complexity index is 826. The lowest BCUT2D eigenvalue weighted by Gasteiger charge is -2.15. The van der Waals surface area contributed by atoms with E-state index in [4.69, 9.17) is 0 Å². The van der Waals surface area contributed by atoms with Gasteiger partial charge in [-0.1, -0.05) is 18.2 Å². The van der Waals surface area contributed by atoms with Gasteiger partial charge in [0.15, 0.2) is 11.8 Å². The van der Waals surface area contributed by atoms with Crippen LogP contribution in [0.25, 0.3) is 0 Å². The maximum absolute atomic E-state index is 13.8. The Hall–Kier alpha value is -2.96. The first-order chi connectivity index (χ1) is 11.2. The number of aromatic amines is 1. The fourth-order valence-electron chi connectivity index (χ4n) is 2.69. The summed E-state index contributed by atoms with van der Waals surface area (Å²) in [5.74, 6) is -3.04. The van der Waals surface area contributed by atoms with Gasteiger partial charge in [-0.05, 0) is 32.4 Å². The van der Waals surface area contributed by atoms with Crippen LogP contribution < -0.4 is 5.32 Å². The van der Waals surface area contributed by atoms with Gasteiger partial charge >= 0.3 is 5.97 Å². The monoisotopic (exact) mass is 332 g/mol. The summed E-state index contributed by atoms with van der Waals surface area (Å²) >= 11 is 0. The van der Waals surface area contributed by atoms with Crippen LogP contribution >= 0.6 is 0 Å². The number of carbonyl (C=O) groups excluding carboxylic acids is 2. The normalized spacial score (nSPS) is 11.8. The number of aliphatic carboxylic acids is 1. The Kier molecular flexibility index (Phi) is 4.82. The third-order valence-corrected chi connectivity index (χ3v) is 3.76. The second-order valence-electron chi connectivity index (χ2n) is 5.45. The first kappa shape index (κ1) is 17.4. The van der Waals surface area contributed by atoms with Crippen LogP contribution in [-0.2, 0) is 4.79 Å². The number of H-pyrrole nitrogens is 1. The van der Waals surface area contributed by atoms with Crippen LogP contribution in [0.5, 0.6) is 0 Å². The van der Waals surface area contributed by atoms with Crippen molar-refractivity contribution in [2.24, 2.45) is 0 Å². The van der Waals surface area contributed by atoms with Gasteiger partial charge in [0.25, 0.3) is 5.91 Å². The number of benzene rings is 1. The highest BCUT2D eigenvalue weighted by Crippen LogP contribution is 2.21. The number of halogens is 1. The minimum Gasteiger partial charge on any atom is -0.479 e. The molecule has 1 aromatic heterocycles. The van der Waals surface area contributed by atoms with Crippen molar-refractivity contribution in [2.45, 2.75) is 26.8 Å². The Morgan fingerprint density at radius 3 is 2.33 bits per heavy atom. The van der Waals surface area contributed by atoms with Crippen LogP contribution in [0.4, 0.5) is 4.39 Å². The third kappa shape index (κ3) is 3.19. The average Bonchev–Trinajstić information content (AvgIpc) is 2.80. The SMILES string of the molecule is CC(=O)c1c(C)[nH]c(C(=O)N[C@@H](C(=O)O)c2ccccc2F)c1C. The predicted molar refractivity (Wildman–Crippen MR) is 84.5 cm³/mol. The summed E-state index contributed by atoms with van der Waals surface area (Å²) in [7, 11) is 0. The molecule has 1 heterocycles. The second-order valence-corrected chi connectivity index (χ2v) is 5.45. The topological polar surface area (TPSA) is 99.3 Å². The molecule has 0 bridgehead atoms. The van der Waals surface area contributed by atoms with Crippen molar-refractivity contribution in [3.63, 3.8) is 0 Å². The lowest BCUT2D eigenvalue weighted by Crippen LogP contribution is -2.34. The molecule has 0 fully saturated rings. The number of aryl methyl sites for hydroxylation is 1. The molecule has 0 radical (unpaired) electrons. The molecule has 24 heavy (non-hydrogen) atoms. The van der Waals surface area contributed by atoms with Gasteiger partial charge in [0.1, 0.15) is 11.5 Å². The van der Waals surface area contributed by atoms with Gasteiger partial charge in [0.2, 0.25) is 0 Å². The standard InChI is InChI=1S/C17H17FN2O4/c1-8-13(10(3)21)9(2)19-14(8)16(22)20-15(17(23)24)11-6-4-5-7-12(11)18/h4-7,15,19H,1-3H3,(H,20,22)(H,23,24)/t15-/m1/s1. The van der Waals surface area contributed by atoms with Crippen molar-refractivity contribution in [3.8, 4) is 0 Å². The van der Waals surface area contributed by atoms with Crippen molar-refractivity contribution >= 4 is 17.7 Å². The molecule has 0 saturated heterocycles. The third-order valence-electron chi connectivity index (χ3n) is 3.76. The molecule has 1 aromatic carbocycles. The van der Waals surface area contributed by atoms with Gasteiger partial charge in [-0.3, -0.25) is 9.59 Å². The zero-order valence-electron chi connectivity index (χ0n) is 13.4. The number of carbonyl (C=O) groups is 3. The minimum atomic E-state index is -1.54. The predicted octanol–water partition coefficient (Wildman–Crippen LogP) is 2.53. The zero-order valence-corrected chi connectivity index (χ0v) is 13.4. The molecule has 2 aromatic rings. The first-order valence-electron chi connectivity index (χ1n) is 7.22. The molecule has 126 valence electrons. The van der Waals surface area contributed by atoms with E-state index >= 15 is 0 Å². The van der Waals surface area contributed by atoms with Gasteiger partial charge in [0.05, 0.1) is 0 Å². The number of aromatic nitrogens is 1. The van der Waals surface area contributed by atoms with Gasteiger partial charge in [-0.25, -0.2) is 9.18 Å². The number of hydrogen-bond donors (Lipinski definition) is 3. The van der Waals surface area contributed by atoms with E-state index < -0.39 is 23.7 Å². The van der Waals surface area contributed by atoms with Crippen molar-refractivity contribution in [1.82, 2.24) is 10.3 Å². The van der Waals surface area contributed by atoms with E-state index in [2.05, 4.69) is 10.3 Å². The summed E-state index contributed by atoms with van der Waals surface area (Å²) < 4.78 is 13.8. The molecule has 0 saturated carbocycles. The Labute approximate surface area is 137 Å². The highest BCUT2D eigenvalue weighted by atomic mass is 19.1. The van der Waals surface area contributed by atoms with Gasteiger partial charge in [-0.2, -0.15) is 0 Å².